The SMILES string of the molecule is CCNC(=O)c1ccnc(C#N)c1. The molecule has 0 aromatic carbocycles. The Bertz CT molecular complexity index is 354. The van der Waals surface area contributed by atoms with Crippen LogP contribution in [0.1, 0.15) is 23.0 Å². The quantitative estimate of drug-likeness (QED) is 0.719. The van der Waals surface area contributed by atoms with E-state index in [1.165, 1.54) is 12.3 Å². The Morgan fingerprint density at radius 2 is 2.54 bits per heavy atom. The summed E-state index contributed by atoms with van der Waals surface area (Å²) in [6, 6.07) is 4.91. The molecular formula is C9H9N3O. The van der Waals surface area contributed by atoms with Gasteiger partial charge in [0.15, 0.2) is 0 Å². The number of nitrogens with one attached hydrogen (secondary N) is 1. The number of rotatable bonds is 2. The predicted molar refractivity (Wildman–Crippen MR) is 47.0 cm³/mol. The van der Waals surface area contributed by atoms with Crippen LogP contribution in [0.2, 0.25) is 0 Å². The van der Waals surface area contributed by atoms with Gasteiger partial charge in [-0.2, -0.15) is 5.26 Å². The lowest BCUT2D eigenvalue weighted by molar-refractivity contribution is 0.0955. The van der Waals surface area contributed by atoms with Crippen molar-refractivity contribution in [1.82, 2.24) is 10.3 Å². The zero-order valence-corrected chi connectivity index (χ0v) is 7.24. The fraction of sp³-hybridized carbons (Fsp3) is 0.222. The summed E-state index contributed by atoms with van der Waals surface area (Å²) >= 11 is 0. The molecule has 0 atom stereocenters. The van der Waals surface area contributed by atoms with Crippen molar-refractivity contribution in [3.05, 3.63) is 29.6 Å². The normalized spacial score (nSPS) is 8.92. The molecule has 66 valence electrons. The summed E-state index contributed by atoms with van der Waals surface area (Å²) in [6.07, 6.45) is 1.45. The van der Waals surface area contributed by atoms with E-state index in [9.17, 15) is 4.79 Å². The van der Waals surface area contributed by atoms with Crippen LogP contribution in [0.3, 0.4) is 0 Å². The van der Waals surface area contributed by atoms with Gasteiger partial charge in [0.1, 0.15) is 11.8 Å². The number of hydrogen-bond donors (Lipinski definition) is 1. The minimum Gasteiger partial charge on any atom is -0.352 e. The van der Waals surface area contributed by atoms with Gasteiger partial charge in [-0.15, -0.1) is 0 Å². The van der Waals surface area contributed by atoms with Crippen molar-refractivity contribution in [3.63, 3.8) is 0 Å². The van der Waals surface area contributed by atoms with Crippen molar-refractivity contribution < 1.29 is 4.79 Å². The Hall–Kier alpha value is -1.89. The molecule has 0 aliphatic carbocycles. The largest absolute Gasteiger partial charge is 0.352 e. The van der Waals surface area contributed by atoms with E-state index in [-0.39, 0.29) is 11.6 Å². The highest BCUT2D eigenvalue weighted by Crippen LogP contribution is 2.00. The number of nitrogens with zero attached hydrogens (tertiary/aromatic N) is 2. The fourth-order valence-corrected chi connectivity index (χ4v) is 0.896. The molecule has 1 N–H and O–H groups in total. The van der Waals surface area contributed by atoms with Crippen molar-refractivity contribution >= 4 is 5.91 Å². The smallest absolute Gasteiger partial charge is 0.251 e. The summed E-state index contributed by atoms with van der Waals surface area (Å²) in [5.41, 5.74) is 0.720. The number of carbonyl (C=O) groups is 1. The van der Waals surface area contributed by atoms with Gasteiger partial charge in [-0.3, -0.25) is 4.79 Å². The average molecular weight is 175 g/mol. The first-order valence-electron chi connectivity index (χ1n) is 3.92. The molecule has 0 unspecified atom stereocenters. The molecule has 13 heavy (non-hydrogen) atoms. The molecule has 0 radical (unpaired) electrons. The number of nitriles is 1. The number of pyridine rings is 1. The van der Waals surface area contributed by atoms with Crippen LogP contribution in [-0.4, -0.2) is 17.4 Å². The molecule has 0 aliphatic rings. The maximum atomic E-state index is 11.3. The molecule has 1 amide bonds. The zero-order valence-electron chi connectivity index (χ0n) is 7.24. The monoisotopic (exact) mass is 175 g/mol. The predicted octanol–water partition coefficient (Wildman–Crippen LogP) is 0.703. The van der Waals surface area contributed by atoms with Gasteiger partial charge in [0.2, 0.25) is 0 Å². The molecule has 1 heterocycles. The highest BCUT2D eigenvalue weighted by atomic mass is 16.1. The topological polar surface area (TPSA) is 65.8 Å². The van der Waals surface area contributed by atoms with Crippen molar-refractivity contribution in [2.75, 3.05) is 6.54 Å². The summed E-state index contributed by atoms with van der Waals surface area (Å²) in [4.78, 5) is 15.0. The first-order chi connectivity index (χ1) is 6.27. The van der Waals surface area contributed by atoms with E-state index in [2.05, 4.69) is 10.3 Å². The molecule has 0 saturated heterocycles. The van der Waals surface area contributed by atoms with Gasteiger partial charge in [-0.05, 0) is 19.1 Å². The summed E-state index contributed by atoms with van der Waals surface area (Å²) in [5.74, 6) is -0.179. The lowest BCUT2D eigenvalue weighted by Crippen LogP contribution is -2.22. The molecular weight excluding hydrogens is 166 g/mol. The Morgan fingerprint density at radius 1 is 1.77 bits per heavy atom. The first-order valence-corrected chi connectivity index (χ1v) is 3.92. The lowest BCUT2D eigenvalue weighted by Gasteiger charge is -2.00. The number of amides is 1. The highest BCUT2D eigenvalue weighted by Gasteiger charge is 2.04. The van der Waals surface area contributed by atoms with Crippen molar-refractivity contribution in [1.29, 1.82) is 5.26 Å². The third-order valence-corrected chi connectivity index (χ3v) is 1.47. The van der Waals surface area contributed by atoms with E-state index in [0.717, 1.165) is 0 Å². The van der Waals surface area contributed by atoms with E-state index >= 15 is 0 Å². The molecule has 0 fully saturated rings. The Kier molecular flexibility index (Phi) is 2.98. The van der Waals surface area contributed by atoms with Crippen LogP contribution in [0, 0.1) is 11.3 Å². The molecule has 0 saturated carbocycles. The summed E-state index contributed by atoms with van der Waals surface area (Å²) in [7, 11) is 0. The van der Waals surface area contributed by atoms with Crippen LogP contribution in [0.25, 0.3) is 0 Å². The minimum atomic E-state index is -0.179. The number of hydrogen-bond acceptors (Lipinski definition) is 3. The third-order valence-electron chi connectivity index (χ3n) is 1.47. The van der Waals surface area contributed by atoms with Gasteiger partial charge >= 0.3 is 0 Å². The Balaban J connectivity index is 2.90. The van der Waals surface area contributed by atoms with Crippen molar-refractivity contribution in [2.45, 2.75) is 6.92 Å². The highest BCUT2D eigenvalue weighted by molar-refractivity contribution is 5.94. The average Bonchev–Trinajstić information content (AvgIpc) is 2.18. The van der Waals surface area contributed by atoms with Crippen LogP contribution in [0.5, 0.6) is 0 Å². The second-order valence-electron chi connectivity index (χ2n) is 2.40. The van der Waals surface area contributed by atoms with Crippen molar-refractivity contribution in [2.24, 2.45) is 0 Å². The van der Waals surface area contributed by atoms with Crippen LogP contribution in [-0.2, 0) is 0 Å². The first kappa shape index (κ1) is 9.20. The fourth-order valence-electron chi connectivity index (χ4n) is 0.896. The molecule has 0 spiro atoms. The van der Waals surface area contributed by atoms with Gasteiger partial charge in [0.25, 0.3) is 5.91 Å². The van der Waals surface area contributed by atoms with Gasteiger partial charge in [0.05, 0.1) is 0 Å². The third kappa shape index (κ3) is 2.27. The molecule has 4 heteroatoms. The van der Waals surface area contributed by atoms with Crippen LogP contribution in [0.4, 0.5) is 0 Å². The van der Waals surface area contributed by atoms with E-state index in [1.54, 1.807) is 6.07 Å². The molecule has 4 nitrogen and oxygen atoms in total. The Morgan fingerprint density at radius 3 is 3.15 bits per heavy atom. The Labute approximate surface area is 76.2 Å². The van der Waals surface area contributed by atoms with Gasteiger partial charge in [-0.1, -0.05) is 0 Å². The van der Waals surface area contributed by atoms with Gasteiger partial charge in [-0.25, -0.2) is 4.98 Å². The molecule has 1 aromatic heterocycles. The number of carbonyl (C=O) groups excluding carboxylic acids is 1. The van der Waals surface area contributed by atoms with E-state index in [0.29, 0.717) is 12.1 Å². The maximum Gasteiger partial charge on any atom is 0.251 e. The molecule has 0 aliphatic heterocycles. The zero-order chi connectivity index (χ0) is 9.68. The van der Waals surface area contributed by atoms with Gasteiger partial charge in [0, 0.05) is 18.3 Å². The van der Waals surface area contributed by atoms with Gasteiger partial charge < -0.3 is 5.32 Å². The van der Waals surface area contributed by atoms with Crippen molar-refractivity contribution in [3.8, 4) is 6.07 Å². The molecule has 1 aromatic rings. The van der Waals surface area contributed by atoms with Crippen LogP contribution >= 0.6 is 0 Å². The second kappa shape index (κ2) is 4.21. The molecule has 1 rings (SSSR count). The summed E-state index contributed by atoms with van der Waals surface area (Å²) in [5, 5.41) is 11.2. The van der Waals surface area contributed by atoms with Crippen LogP contribution < -0.4 is 5.32 Å². The van der Waals surface area contributed by atoms with E-state index in [4.69, 9.17) is 5.26 Å². The minimum absolute atomic E-state index is 0.179. The number of aromatic nitrogens is 1. The standard InChI is InChI=1S/C9H9N3O/c1-2-11-9(13)7-3-4-12-8(5-7)6-10/h3-5H,2H2,1H3,(H,11,13). The van der Waals surface area contributed by atoms with E-state index in [1.807, 2.05) is 13.0 Å². The summed E-state index contributed by atoms with van der Waals surface area (Å²) in [6.45, 7) is 2.41. The maximum absolute atomic E-state index is 11.3. The van der Waals surface area contributed by atoms with Crippen LogP contribution in [0.15, 0.2) is 18.3 Å². The van der Waals surface area contributed by atoms with E-state index < -0.39 is 0 Å². The molecule has 0 bridgehead atoms. The summed E-state index contributed by atoms with van der Waals surface area (Å²) < 4.78 is 0. The second-order valence-corrected chi connectivity index (χ2v) is 2.40. The lowest BCUT2D eigenvalue weighted by atomic mass is 10.2.